The van der Waals surface area contributed by atoms with Crippen molar-refractivity contribution in [2.45, 2.75) is 32.3 Å². The Morgan fingerprint density at radius 3 is 2.69 bits per heavy atom. The van der Waals surface area contributed by atoms with E-state index >= 15 is 0 Å². The fourth-order valence-corrected chi connectivity index (χ4v) is 3.86. The molecule has 1 heterocycles. The van der Waals surface area contributed by atoms with Gasteiger partial charge in [-0.3, -0.25) is 8.37 Å². The van der Waals surface area contributed by atoms with E-state index in [0.29, 0.717) is 6.42 Å². The van der Waals surface area contributed by atoms with E-state index in [1.807, 2.05) is 6.92 Å². The smallest absolute Gasteiger partial charge is 0.269 e. The second kappa shape index (κ2) is 5.44. The second-order valence-corrected chi connectivity index (χ2v) is 7.07. The monoisotopic (exact) mass is 272 g/mol. The van der Waals surface area contributed by atoms with Crippen LogP contribution in [0.1, 0.15) is 26.2 Å². The third kappa shape index (κ3) is 4.77. The van der Waals surface area contributed by atoms with Gasteiger partial charge in [0.2, 0.25) is 0 Å². The van der Waals surface area contributed by atoms with Gasteiger partial charge in [-0.15, -0.1) is 0 Å². The molecular weight excluding hydrogens is 256 g/mol. The lowest BCUT2D eigenvalue weighted by Gasteiger charge is -2.21. The molecule has 8 heteroatoms. The van der Waals surface area contributed by atoms with Crippen LogP contribution in [0.4, 0.5) is 0 Å². The summed E-state index contributed by atoms with van der Waals surface area (Å²) in [6, 6.07) is 0. The molecule has 0 aromatic rings. The van der Waals surface area contributed by atoms with Crippen LogP contribution in [0.5, 0.6) is 0 Å². The molecule has 1 unspecified atom stereocenters. The SMILES string of the molecule is CCCCS(=O)(=O)OC1CCOS(=O)(=O)C1. The second-order valence-electron chi connectivity index (χ2n) is 3.67. The molecule has 96 valence electrons. The van der Waals surface area contributed by atoms with E-state index in [1.165, 1.54) is 0 Å². The fraction of sp³-hybridized carbons (Fsp3) is 1.00. The molecule has 1 rings (SSSR count). The van der Waals surface area contributed by atoms with Crippen LogP contribution in [0.15, 0.2) is 0 Å². The Labute approximate surface area is 96.2 Å². The van der Waals surface area contributed by atoms with Gasteiger partial charge in [-0.25, -0.2) is 0 Å². The first-order chi connectivity index (χ1) is 7.35. The van der Waals surface area contributed by atoms with E-state index < -0.39 is 32.1 Å². The summed E-state index contributed by atoms with van der Waals surface area (Å²) in [5.74, 6) is -0.459. The quantitative estimate of drug-likeness (QED) is 0.667. The number of unbranched alkanes of at least 4 members (excludes halogenated alkanes) is 1. The van der Waals surface area contributed by atoms with E-state index in [4.69, 9.17) is 4.18 Å². The van der Waals surface area contributed by atoms with Gasteiger partial charge in [0.25, 0.3) is 20.2 Å². The molecule has 0 aromatic heterocycles. The zero-order valence-corrected chi connectivity index (χ0v) is 10.7. The Morgan fingerprint density at radius 1 is 1.44 bits per heavy atom. The molecule has 1 atom stereocenters. The van der Waals surface area contributed by atoms with Gasteiger partial charge >= 0.3 is 0 Å². The maximum atomic E-state index is 11.4. The first-order valence-corrected chi connectivity index (χ1v) is 8.28. The van der Waals surface area contributed by atoms with Crippen molar-refractivity contribution in [3.05, 3.63) is 0 Å². The maximum Gasteiger partial charge on any atom is 0.269 e. The average molecular weight is 272 g/mol. The molecule has 16 heavy (non-hydrogen) atoms. The van der Waals surface area contributed by atoms with Gasteiger partial charge in [-0.1, -0.05) is 13.3 Å². The Hall–Kier alpha value is -0.180. The van der Waals surface area contributed by atoms with Crippen molar-refractivity contribution < 1.29 is 25.2 Å². The Bertz CT molecular complexity index is 410. The van der Waals surface area contributed by atoms with Crippen LogP contribution in [0, 0.1) is 0 Å². The lowest BCUT2D eigenvalue weighted by molar-refractivity contribution is 0.162. The van der Waals surface area contributed by atoms with Gasteiger partial charge in [0.05, 0.1) is 18.5 Å². The molecule has 0 spiro atoms. The molecule has 0 aliphatic carbocycles. The molecule has 1 fully saturated rings. The van der Waals surface area contributed by atoms with Crippen LogP contribution in [-0.2, 0) is 28.6 Å². The minimum atomic E-state index is -3.61. The highest BCUT2D eigenvalue weighted by Gasteiger charge is 2.29. The Morgan fingerprint density at radius 2 is 2.12 bits per heavy atom. The predicted octanol–water partition coefficient (Wildman–Crippen LogP) is 0.252. The normalized spacial score (nSPS) is 25.4. The van der Waals surface area contributed by atoms with Crippen LogP contribution < -0.4 is 0 Å². The molecule has 1 saturated heterocycles. The lowest BCUT2D eigenvalue weighted by atomic mass is 10.3. The van der Waals surface area contributed by atoms with Gasteiger partial charge in [-0.2, -0.15) is 16.8 Å². The molecule has 1 aliphatic heterocycles. The van der Waals surface area contributed by atoms with Crippen molar-refractivity contribution >= 4 is 20.2 Å². The largest absolute Gasteiger partial charge is 0.270 e. The van der Waals surface area contributed by atoms with Crippen LogP contribution in [0.25, 0.3) is 0 Å². The number of hydrogen-bond donors (Lipinski definition) is 0. The first-order valence-electron chi connectivity index (χ1n) is 5.13. The van der Waals surface area contributed by atoms with Crippen LogP contribution in [0.2, 0.25) is 0 Å². The molecule has 0 N–H and O–H groups in total. The molecule has 0 radical (unpaired) electrons. The van der Waals surface area contributed by atoms with Gasteiger partial charge in [0.15, 0.2) is 0 Å². The predicted molar refractivity (Wildman–Crippen MR) is 57.9 cm³/mol. The van der Waals surface area contributed by atoms with Gasteiger partial charge in [0.1, 0.15) is 5.75 Å². The van der Waals surface area contributed by atoms with E-state index in [1.54, 1.807) is 0 Å². The van der Waals surface area contributed by atoms with E-state index in [-0.39, 0.29) is 18.8 Å². The van der Waals surface area contributed by atoms with Gasteiger partial charge in [0, 0.05) is 6.42 Å². The average Bonchev–Trinajstić information content (AvgIpc) is 2.12. The molecule has 0 aromatic carbocycles. The van der Waals surface area contributed by atoms with Crippen molar-refractivity contribution in [2.24, 2.45) is 0 Å². The highest BCUT2D eigenvalue weighted by atomic mass is 32.2. The summed E-state index contributed by atoms with van der Waals surface area (Å²) in [5, 5.41) is 0. The van der Waals surface area contributed by atoms with Crippen molar-refractivity contribution in [2.75, 3.05) is 18.1 Å². The van der Waals surface area contributed by atoms with E-state index in [2.05, 4.69) is 4.18 Å². The summed E-state index contributed by atoms with van der Waals surface area (Å²) in [6.07, 6.45) is 0.734. The third-order valence-corrected chi connectivity index (χ3v) is 4.78. The van der Waals surface area contributed by atoms with Crippen LogP contribution in [-0.4, -0.2) is 41.1 Å². The van der Waals surface area contributed by atoms with Crippen molar-refractivity contribution in [3.8, 4) is 0 Å². The van der Waals surface area contributed by atoms with E-state index in [9.17, 15) is 16.8 Å². The standard InChI is InChI=1S/C8H16O6S2/c1-2-3-6-15(9,10)14-8-4-5-13-16(11,12)7-8/h8H,2-7H2,1H3. The molecule has 0 bridgehead atoms. The summed E-state index contributed by atoms with van der Waals surface area (Å²) in [7, 11) is -7.23. The number of hydrogen-bond acceptors (Lipinski definition) is 6. The maximum absolute atomic E-state index is 11.4. The summed E-state index contributed by atoms with van der Waals surface area (Å²) < 4.78 is 54.3. The topological polar surface area (TPSA) is 86.7 Å². The van der Waals surface area contributed by atoms with Crippen molar-refractivity contribution in [1.82, 2.24) is 0 Å². The minimum Gasteiger partial charge on any atom is -0.270 e. The van der Waals surface area contributed by atoms with Gasteiger partial charge in [-0.05, 0) is 6.42 Å². The summed E-state index contributed by atoms with van der Waals surface area (Å²) >= 11 is 0. The van der Waals surface area contributed by atoms with Crippen LogP contribution in [0.3, 0.4) is 0 Å². The Balaban J connectivity index is 2.54. The third-order valence-electron chi connectivity index (χ3n) is 2.12. The lowest BCUT2D eigenvalue weighted by Crippen LogP contribution is -2.34. The highest BCUT2D eigenvalue weighted by molar-refractivity contribution is 7.87. The number of rotatable bonds is 5. The van der Waals surface area contributed by atoms with Crippen molar-refractivity contribution in [1.29, 1.82) is 0 Å². The fourth-order valence-electron chi connectivity index (χ4n) is 1.32. The van der Waals surface area contributed by atoms with Crippen molar-refractivity contribution in [3.63, 3.8) is 0 Å². The Kier molecular flexibility index (Phi) is 4.72. The minimum absolute atomic E-state index is 0.0176. The zero-order valence-electron chi connectivity index (χ0n) is 9.09. The molecule has 0 amide bonds. The molecular formula is C8H16O6S2. The van der Waals surface area contributed by atoms with E-state index in [0.717, 1.165) is 6.42 Å². The first kappa shape index (κ1) is 13.9. The summed E-state index contributed by atoms with van der Waals surface area (Å²) in [6.45, 7) is 1.85. The highest BCUT2D eigenvalue weighted by Crippen LogP contribution is 2.15. The molecule has 1 aliphatic rings. The summed E-state index contributed by atoms with van der Waals surface area (Å²) in [4.78, 5) is 0. The van der Waals surface area contributed by atoms with Gasteiger partial charge < -0.3 is 0 Å². The molecule has 6 nitrogen and oxygen atoms in total. The molecule has 0 saturated carbocycles. The van der Waals surface area contributed by atoms with Crippen LogP contribution >= 0.6 is 0 Å². The summed E-state index contributed by atoms with van der Waals surface area (Å²) in [5.41, 5.74) is 0. The zero-order chi connectivity index (χ0) is 12.2.